The summed E-state index contributed by atoms with van der Waals surface area (Å²) in [7, 11) is 1.59. The van der Waals surface area contributed by atoms with Crippen molar-refractivity contribution in [3.8, 4) is 5.88 Å². The van der Waals surface area contributed by atoms with Crippen molar-refractivity contribution in [2.45, 2.75) is 19.0 Å². The number of hydrogen-bond donors (Lipinski definition) is 0. The van der Waals surface area contributed by atoms with E-state index in [9.17, 15) is 4.39 Å². The summed E-state index contributed by atoms with van der Waals surface area (Å²) in [5.41, 5.74) is 3.11. The molecule has 0 radical (unpaired) electrons. The lowest BCUT2D eigenvalue weighted by atomic mass is 10.0. The van der Waals surface area contributed by atoms with E-state index in [0.29, 0.717) is 24.4 Å². The minimum absolute atomic E-state index is 0.114. The molecule has 0 saturated heterocycles. The largest absolute Gasteiger partial charge is 0.481 e. The highest BCUT2D eigenvalue weighted by Gasteiger charge is 2.31. The zero-order valence-electron chi connectivity index (χ0n) is 14.9. The van der Waals surface area contributed by atoms with Crippen LogP contribution in [0, 0.1) is 5.82 Å². The first kappa shape index (κ1) is 17.1. The Morgan fingerprint density at radius 1 is 1.07 bits per heavy atom. The quantitative estimate of drug-likeness (QED) is 0.689. The van der Waals surface area contributed by atoms with Crippen LogP contribution in [0.3, 0.4) is 0 Å². The predicted molar refractivity (Wildman–Crippen MR) is 101 cm³/mol. The second kappa shape index (κ2) is 7.53. The number of pyridine rings is 2. The number of halogens is 1. The van der Waals surface area contributed by atoms with Crippen molar-refractivity contribution in [3.63, 3.8) is 0 Å². The third-order valence-electron chi connectivity index (χ3n) is 4.54. The smallest absolute Gasteiger partial charge is 0.213 e. The van der Waals surface area contributed by atoms with E-state index in [2.05, 4.69) is 9.97 Å². The summed E-state index contributed by atoms with van der Waals surface area (Å²) in [6, 6.07) is 18.0. The van der Waals surface area contributed by atoms with Gasteiger partial charge in [0.1, 0.15) is 5.82 Å². The molecular formula is C21H19FN4O. The summed E-state index contributed by atoms with van der Waals surface area (Å²) in [5, 5.41) is 6.63. The van der Waals surface area contributed by atoms with Crippen LogP contribution in [-0.2, 0) is 6.54 Å². The van der Waals surface area contributed by atoms with E-state index in [1.165, 1.54) is 6.07 Å². The SMILES string of the molecule is COc1cccc(C2CC(c3ccccn3)=NN2Cc2ccccc2F)n1. The standard InChI is InChI=1S/C21H19FN4O/c1-27-21-11-6-10-18(24-21)20-13-19(17-9-4-5-12-23-17)25-26(20)14-15-7-2-3-8-16(15)22/h2-12,20H,13-14H2,1H3. The Morgan fingerprint density at radius 3 is 2.70 bits per heavy atom. The van der Waals surface area contributed by atoms with Crippen molar-refractivity contribution in [1.82, 2.24) is 15.0 Å². The zero-order chi connectivity index (χ0) is 18.6. The molecule has 3 heterocycles. The Bertz CT molecular complexity index is 961. The molecule has 5 nitrogen and oxygen atoms in total. The van der Waals surface area contributed by atoms with Gasteiger partial charge in [-0.25, -0.2) is 9.37 Å². The van der Waals surface area contributed by atoms with Crippen molar-refractivity contribution >= 4 is 5.71 Å². The lowest BCUT2D eigenvalue weighted by Gasteiger charge is -2.23. The summed E-state index contributed by atoms with van der Waals surface area (Å²) in [4.78, 5) is 8.97. The molecular weight excluding hydrogens is 343 g/mol. The lowest BCUT2D eigenvalue weighted by molar-refractivity contribution is 0.216. The van der Waals surface area contributed by atoms with Crippen LogP contribution in [0.1, 0.15) is 29.4 Å². The van der Waals surface area contributed by atoms with Crippen molar-refractivity contribution in [2.75, 3.05) is 7.11 Å². The topological polar surface area (TPSA) is 50.6 Å². The Morgan fingerprint density at radius 2 is 1.93 bits per heavy atom. The van der Waals surface area contributed by atoms with Gasteiger partial charge in [0.25, 0.3) is 0 Å². The first-order valence-electron chi connectivity index (χ1n) is 8.74. The molecule has 0 bridgehead atoms. The molecule has 27 heavy (non-hydrogen) atoms. The van der Waals surface area contributed by atoms with Crippen molar-refractivity contribution in [3.05, 3.63) is 89.6 Å². The van der Waals surface area contributed by atoms with Crippen LogP contribution in [0.4, 0.5) is 4.39 Å². The highest BCUT2D eigenvalue weighted by atomic mass is 19.1. The number of rotatable bonds is 5. The summed E-state index contributed by atoms with van der Waals surface area (Å²) < 4.78 is 19.4. The van der Waals surface area contributed by atoms with Gasteiger partial charge in [-0.15, -0.1) is 0 Å². The van der Waals surface area contributed by atoms with Crippen LogP contribution in [0.5, 0.6) is 5.88 Å². The monoisotopic (exact) mass is 362 g/mol. The maximum atomic E-state index is 14.2. The van der Waals surface area contributed by atoms with Gasteiger partial charge in [-0.2, -0.15) is 5.10 Å². The van der Waals surface area contributed by atoms with Gasteiger partial charge in [0, 0.05) is 24.2 Å². The molecule has 0 N–H and O–H groups in total. The third kappa shape index (κ3) is 3.65. The van der Waals surface area contributed by atoms with Crippen molar-refractivity contribution < 1.29 is 9.13 Å². The van der Waals surface area contributed by atoms with Crippen LogP contribution < -0.4 is 4.74 Å². The third-order valence-corrected chi connectivity index (χ3v) is 4.54. The van der Waals surface area contributed by atoms with Gasteiger partial charge < -0.3 is 4.74 Å². The molecule has 0 amide bonds. The van der Waals surface area contributed by atoms with Gasteiger partial charge in [-0.05, 0) is 24.3 Å². The van der Waals surface area contributed by atoms with Gasteiger partial charge in [0.2, 0.25) is 5.88 Å². The van der Waals surface area contributed by atoms with Crippen LogP contribution >= 0.6 is 0 Å². The van der Waals surface area contributed by atoms with Gasteiger partial charge in [0.05, 0.1) is 36.8 Å². The minimum atomic E-state index is -0.240. The second-order valence-electron chi connectivity index (χ2n) is 6.28. The van der Waals surface area contributed by atoms with E-state index in [-0.39, 0.29) is 11.9 Å². The minimum Gasteiger partial charge on any atom is -0.481 e. The van der Waals surface area contributed by atoms with Gasteiger partial charge in [-0.3, -0.25) is 9.99 Å². The highest BCUT2D eigenvalue weighted by Crippen LogP contribution is 2.33. The van der Waals surface area contributed by atoms with Crippen LogP contribution in [-0.4, -0.2) is 27.8 Å². The van der Waals surface area contributed by atoms with E-state index in [0.717, 1.165) is 17.1 Å². The molecule has 0 aliphatic carbocycles. The van der Waals surface area contributed by atoms with Gasteiger partial charge in [0.15, 0.2) is 0 Å². The first-order valence-corrected chi connectivity index (χ1v) is 8.74. The Kier molecular flexibility index (Phi) is 4.78. The average Bonchev–Trinajstić information content (AvgIpc) is 3.14. The Hall–Kier alpha value is -3.28. The Labute approximate surface area is 157 Å². The van der Waals surface area contributed by atoms with E-state index in [1.54, 1.807) is 31.5 Å². The molecule has 1 aromatic carbocycles. The highest BCUT2D eigenvalue weighted by molar-refractivity contribution is 6.00. The molecule has 1 unspecified atom stereocenters. The summed E-state index contributed by atoms with van der Waals surface area (Å²) in [5.74, 6) is 0.306. The van der Waals surface area contributed by atoms with Crippen molar-refractivity contribution in [2.24, 2.45) is 5.10 Å². The number of ether oxygens (including phenoxy) is 1. The molecule has 1 aliphatic rings. The number of benzene rings is 1. The molecule has 0 spiro atoms. The maximum Gasteiger partial charge on any atom is 0.213 e. The van der Waals surface area contributed by atoms with Crippen LogP contribution in [0.25, 0.3) is 0 Å². The number of nitrogens with zero attached hydrogens (tertiary/aromatic N) is 4. The van der Waals surface area contributed by atoms with Gasteiger partial charge >= 0.3 is 0 Å². The molecule has 6 heteroatoms. The van der Waals surface area contributed by atoms with Crippen LogP contribution in [0.2, 0.25) is 0 Å². The summed E-state index contributed by atoms with van der Waals surface area (Å²) >= 11 is 0. The molecule has 136 valence electrons. The van der Waals surface area contributed by atoms with Crippen molar-refractivity contribution in [1.29, 1.82) is 0 Å². The van der Waals surface area contributed by atoms with E-state index >= 15 is 0 Å². The Balaban J connectivity index is 1.69. The summed E-state index contributed by atoms with van der Waals surface area (Å²) in [6.07, 6.45) is 2.39. The normalized spacial score (nSPS) is 16.3. The maximum absolute atomic E-state index is 14.2. The lowest BCUT2D eigenvalue weighted by Crippen LogP contribution is -2.20. The molecule has 0 saturated carbocycles. The van der Waals surface area contributed by atoms with Crippen LogP contribution in [0.15, 0.2) is 72.0 Å². The molecule has 2 aromatic heterocycles. The molecule has 4 rings (SSSR count). The molecule has 0 fully saturated rings. The molecule has 1 atom stereocenters. The first-order chi connectivity index (χ1) is 13.2. The fourth-order valence-corrected chi connectivity index (χ4v) is 3.18. The molecule has 3 aromatic rings. The average molecular weight is 362 g/mol. The van der Waals surface area contributed by atoms with E-state index in [4.69, 9.17) is 9.84 Å². The number of methoxy groups -OCH3 is 1. The molecule has 1 aliphatic heterocycles. The van der Waals surface area contributed by atoms with E-state index in [1.807, 2.05) is 41.4 Å². The second-order valence-corrected chi connectivity index (χ2v) is 6.28. The fraction of sp³-hybridized carbons (Fsp3) is 0.190. The summed E-state index contributed by atoms with van der Waals surface area (Å²) in [6.45, 7) is 0.354. The number of hydrogen-bond acceptors (Lipinski definition) is 5. The van der Waals surface area contributed by atoms with E-state index < -0.39 is 0 Å². The number of aromatic nitrogens is 2. The van der Waals surface area contributed by atoms with Gasteiger partial charge in [-0.1, -0.05) is 30.3 Å². The number of hydrazone groups is 1. The zero-order valence-corrected chi connectivity index (χ0v) is 14.9. The fourth-order valence-electron chi connectivity index (χ4n) is 3.18. The predicted octanol–water partition coefficient (Wildman–Crippen LogP) is 3.98.